The van der Waals surface area contributed by atoms with Crippen LogP contribution in [0.1, 0.15) is 22.5 Å². The fraction of sp³-hybridized carbons (Fsp3) is 0.333. The van der Waals surface area contributed by atoms with Crippen molar-refractivity contribution < 1.29 is 22.5 Å². The molecule has 0 radical (unpaired) electrons. The molecule has 0 aliphatic carbocycles. The Morgan fingerprint density at radius 1 is 1.35 bits per heavy atom. The smallest absolute Gasteiger partial charge is 0.290 e. The molecule has 1 saturated heterocycles. The van der Waals surface area contributed by atoms with Gasteiger partial charge in [-0.05, 0) is 17.1 Å². The van der Waals surface area contributed by atoms with Crippen molar-refractivity contribution in [1.29, 1.82) is 0 Å². The van der Waals surface area contributed by atoms with Gasteiger partial charge >= 0.3 is 0 Å². The number of hydrogen-bond acceptors (Lipinski definition) is 6. The third-order valence-electron chi connectivity index (χ3n) is 3.51. The molecule has 1 N–H and O–H groups in total. The quantitative estimate of drug-likeness (QED) is 0.880. The maximum Gasteiger partial charge on any atom is 0.290 e. The average molecular weight is 336 g/mol. The first-order chi connectivity index (χ1) is 11.0. The van der Waals surface area contributed by atoms with Gasteiger partial charge in [0.2, 0.25) is 5.76 Å². The number of aromatic nitrogens is 1. The second-order valence-corrected chi connectivity index (χ2v) is 7.61. The first-order valence-corrected chi connectivity index (χ1v) is 8.99. The minimum Gasteiger partial charge on any atom is -0.471 e. The fourth-order valence-electron chi connectivity index (χ4n) is 2.33. The van der Waals surface area contributed by atoms with Gasteiger partial charge in [-0.25, -0.2) is 8.42 Å². The van der Waals surface area contributed by atoms with Crippen LogP contribution in [0.5, 0.6) is 5.88 Å². The number of carbonyl (C=O) groups is 1. The zero-order valence-corrected chi connectivity index (χ0v) is 13.1. The number of benzene rings is 1. The van der Waals surface area contributed by atoms with Crippen LogP contribution < -0.4 is 10.1 Å². The van der Waals surface area contributed by atoms with Gasteiger partial charge in [0.25, 0.3) is 11.8 Å². The summed E-state index contributed by atoms with van der Waals surface area (Å²) in [5, 5.41) is 6.31. The van der Waals surface area contributed by atoms with Crippen molar-refractivity contribution in [3.8, 4) is 5.88 Å². The molecule has 1 fully saturated rings. The summed E-state index contributed by atoms with van der Waals surface area (Å²) in [6.07, 6.45) is 0.416. The summed E-state index contributed by atoms with van der Waals surface area (Å²) >= 11 is 0. The topological polar surface area (TPSA) is 98.5 Å². The van der Waals surface area contributed by atoms with Crippen molar-refractivity contribution in [2.45, 2.75) is 19.1 Å². The minimum absolute atomic E-state index is 0.00244. The van der Waals surface area contributed by atoms with E-state index in [-0.39, 0.29) is 29.2 Å². The van der Waals surface area contributed by atoms with Crippen LogP contribution in [-0.2, 0) is 16.4 Å². The van der Waals surface area contributed by atoms with Crippen LogP contribution in [0.4, 0.5) is 0 Å². The Bertz CT molecular complexity index is 785. The van der Waals surface area contributed by atoms with Crippen LogP contribution in [0.3, 0.4) is 0 Å². The highest BCUT2D eigenvalue weighted by Gasteiger charge is 2.30. The number of ether oxygens (including phenoxy) is 1. The van der Waals surface area contributed by atoms with E-state index in [4.69, 9.17) is 9.26 Å². The SMILES string of the molecule is O=C(NC1CCS(=O)(=O)C1)c1cc(OCc2ccccc2)no1. The van der Waals surface area contributed by atoms with E-state index in [1.54, 1.807) is 0 Å². The number of hydrogen-bond donors (Lipinski definition) is 1. The summed E-state index contributed by atoms with van der Waals surface area (Å²) in [5.74, 6) is -0.228. The van der Waals surface area contributed by atoms with Crippen LogP contribution in [0.2, 0.25) is 0 Å². The van der Waals surface area contributed by atoms with E-state index in [1.165, 1.54) is 6.07 Å². The van der Waals surface area contributed by atoms with Crippen LogP contribution in [-0.4, -0.2) is 37.0 Å². The summed E-state index contributed by atoms with van der Waals surface area (Å²) in [7, 11) is -3.04. The molecule has 2 aromatic rings. The van der Waals surface area contributed by atoms with Gasteiger partial charge in [-0.2, -0.15) is 0 Å². The molecule has 1 aromatic carbocycles. The second kappa shape index (κ2) is 6.41. The van der Waals surface area contributed by atoms with E-state index in [0.717, 1.165) is 5.56 Å². The number of amides is 1. The predicted octanol–water partition coefficient (Wildman–Crippen LogP) is 1.17. The molecule has 1 atom stereocenters. The number of rotatable bonds is 5. The van der Waals surface area contributed by atoms with E-state index in [0.29, 0.717) is 13.0 Å². The Morgan fingerprint density at radius 3 is 2.83 bits per heavy atom. The van der Waals surface area contributed by atoms with E-state index < -0.39 is 15.7 Å². The van der Waals surface area contributed by atoms with Gasteiger partial charge in [0.15, 0.2) is 9.84 Å². The maximum atomic E-state index is 12.0. The summed E-state index contributed by atoms with van der Waals surface area (Å²) in [6, 6.07) is 10.5. The number of carbonyl (C=O) groups excluding carboxylic acids is 1. The van der Waals surface area contributed by atoms with Crippen LogP contribution in [0.25, 0.3) is 0 Å². The lowest BCUT2D eigenvalue weighted by molar-refractivity contribution is 0.0903. The molecule has 23 heavy (non-hydrogen) atoms. The minimum atomic E-state index is -3.04. The number of nitrogens with one attached hydrogen (secondary N) is 1. The van der Waals surface area contributed by atoms with Gasteiger partial charge in [0.1, 0.15) is 6.61 Å². The summed E-state index contributed by atoms with van der Waals surface area (Å²) in [6.45, 7) is 0.315. The van der Waals surface area contributed by atoms with Crippen molar-refractivity contribution in [3.63, 3.8) is 0 Å². The van der Waals surface area contributed by atoms with E-state index in [2.05, 4.69) is 10.5 Å². The Labute approximate surface area is 133 Å². The van der Waals surface area contributed by atoms with Crippen molar-refractivity contribution >= 4 is 15.7 Å². The predicted molar refractivity (Wildman–Crippen MR) is 81.8 cm³/mol. The lowest BCUT2D eigenvalue weighted by atomic mass is 10.2. The van der Waals surface area contributed by atoms with Crippen LogP contribution >= 0.6 is 0 Å². The highest BCUT2D eigenvalue weighted by molar-refractivity contribution is 7.91. The highest BCUT2D eigenvalue weighted by atomic mass is 32.2. The Morgan fingerprint density at radius 2 is 2.13 bits per heavy atom. The molecule has 7 nitrogen and oxygen atoms in total. The van der Waals surface area contributed by atoms with Gasteiger partial charge in [-0.1, -0.05) is 30.3 Å². The van der Waals surface area contributed by atoms with Gasteiger partial charge in [0.05, 0.1) is 17.6 Å². The zero-order chi connectivity index (χ0) is 16.3. The first-order valence-electron chi connectivity index (χ1n) is 7.16. The third kappa shape index (κ3) is 4.10. The van der Waals surface area contributed by atoms with E-state index in [1.807, 2.05) is 30.3 Å². The molecule has 1 aliphatic rings. The number of nitrogens with zero attached hydrogens (tertiary/aromatic N) is 1. The van der Waals surface area contributed by atoms with Crippen molar-refractivity contribution in [1.82, 2.24) is 10.5 Å². The van der Waals surface area contributed by atoms with Crippen molar-refractivity contribution in [2.75, 3.05) is 11.5 Å². The molecular weight excluding hydrogens is 320 g/mol. The lowest BCUT2D eigenvalue weighted by Crippen LogP contribution is -2.35. The Hall–Kier alpha value is -2.35. The van der Waals surface area contributed by atoms with Gasteiger partial charge in [-0.15, -0.1) is 0 Å². The molecule has 2 heterocycles. The molecule has 0 saturated carbocycles. The highest BCUT2D eigenvalue weighted by Crippen LogP contribution is 2.15. The average Bonchev–Trinajstić information content (AvgIpc) is 3.13. The molecule has 1 aromatic heterocycles. The van der Waals surface area contributed by atoms with Crippen LogP contribution in [0, 0.1) is 0 Å². The molecule has 1 aliphatic heterocycles. The maximum absolute atomic E-state index is 12.0. The van der Waals surface area contributed by atoms with Gasteiger partial charge < -0.3 is 14.6 Å². The third-order valence-corrected chi connectivity index (χ3v) is 5.28. The van der Waals surface area contributed by atoms with Crippen molar-refractivity contribution in [3.05, 3.63) is 47.7 Å². The standard InChI is InChI=1S/C15H16N2O5S/c18-15(16-12-6-7-23(19,20)10-12)13-8-14(17-22-13)21-9-11-4-2-1-3-5-11/h1-5,8,12H,6-7,9-10H2,(H,16,18). The first kappa shape index (κ1) is 15.5. The number of sulfone groups is 1. The second-order valence-electron chi connectivity index (χ2n) is 5.38. The normalized spacial score (nSPS) is 19.4. The Balaban J connectivity index is 1.55. The molecule has 0 spiro atoms. The molecule has 122 valence electrons. The van der Waals surface area contributed by atoms with Gasteiger partial charge in [0, 0.05) is 6.04 Å². The van der Waals surface area contributed by atoms with E-state index in [9.17, 15) is 13.2 Å². The molecule has 1 unspecified atom stereocenters. The summed E-state index contributed by atoms with van der Waals surface area (Å²) < 4.78 is 33.1. The van der Waals surface area contributed by atoms with Gasteiger partial charge in [-0.3, -0.25) is 4.79 Å². The largest absolute Gasteiger partial charge is 0.471 e. The fourth-order valence-corrected chi connectivity index (χ4v) is 4.00. The zero-order valence-electron chi connectivity index (χ0n) is 12.3. The lowest BCUT2D eigenvalue weighted by Gasteiger charge is -2.07. The monoisotopic (exact) mass is 336 g/mol. The molecule has 1 amide bonds. The van der Waals surface area contributed by atoms with Crippen LogP contribution in [0.15, 0.2) is 40.9 Å². The Kier molecular flexibility index (Phi) is 4.33. The van der Waals surface area contributed by atoms with Crippen molar-refractivity contribution in [2.24, 2.45) is 0 Å². The summed E-state index contributed by atoms with van der Waals surface area (Å²) in [4.78, 5) is 12.0. The van der Waals surface area contributed by atoms with E-state index >= 15 is 0 Å². The molecular formula is C15H16N2O5S. The molecule has 3 rings (SSSR count). The summed E-state index contributed by atoms with van der Waals surface area (Å²) in [5.41, 5.74) is 0.970. The molecule has 8 heteroatoms. The molecule has 0 bridgehead atoms.